The standard InChI is InChI=1S/C16H21N3/c1-2-3-11-19(15-7-5-4-6-8-15)16-10-9-14(12-17)18-13-16/h4-10,13H,2-3,11-12,17H2,1H3. The van der Waals surface area contributed by atoms with Crippen LogP contribution in [0.2, 0.25) is 0 Å². The van der Waals surface area contributed by atoms with Gasteiger partial charge in [-0.15, -0.1) is 0 Å². The van der Waals surface area contributed by atoms with Gasteiger partial charge in [-0.2, -0.15) is 0 Å². The molecule has 1 heterocycles. The second kappa shape index (κ2) is 6.90. The van der Waals surface area contributed by atoms with Gasteiger partial charge >= 0.3 is 0 Å². The summed E-state index contributed by atoms with van der Waals surface area (Å²) in [6.45, 7) is 3.70. The third-order valence-corrected chi connectivity index (χ3v) is 3.13. The lowest BCUT2D eigenvalue weighted by Crippen LogP contribution is -2.18. The Morgan fingerprint density at radius 3 is 2.42 bits per heavy atom. The van der Waals surface area contributed by atoms with Crippen LogP contribution in [0.3, 0.4) is 0 Å². The minimum absolute atomic E-state index is 0.487. The van der Waals surface area contributed by atoms with E-state index in [1.807, 2.05) is 18.3 Å². The van der Waals surface area contributed by atoms with E-state index in [0.717, 1.165) is 24.3 Å². The molecule has 1 aromatic heterocycles. The molecule has 100 valence electrons. The van der Waals surface area contributed by atoms with Crippen molar-refractivity contribution in [3.63, 3.8) is 0 Å². The summed E-state index contributed by atoms with van der Waals surface area (Å²) in [5.41, 5.74) is 8.84. The summed E-state index contributed by atoms with van der Waals surface area (Å²) in [6.07, 6.45) is 4.25. The van der Waals surface area contributed by atoms with Gasteiger partial charge < -0.3 is 10.6 Å². The number of unbranched alkanes of at least 4 members (excludes halogenated alkanes) is 1. The maximum atomic E-state index is 5.59. The lowest BCUT2D eigenvalue weighted by atomic mass is 10.2. The fourth-order valence-corrected chi connectivity index (χ4v) is 2.03. The zero-order valence-corrected chi connectivity index (χ0v) is 11.4. The Hall–Kier alpha value is -1.87. The molecule has 3 nitrogen and oxygen atoms in total. The van der Waals surface area contributed by atoms with Gasteiger partial charge in [0.05, 0.1) is 17.6 Å². The molecule has 2 aromatic rings. The van der Waals surface area contributed by atoms with Crippen LogP contribution in [0.5, 0.6) is 0 Å². The molecule has 0 saturated carbocycles. The molecule has 2 rings (SSSR count). The Morgan fingerprint density at radius 2 is 1.84 bits per heavy atom. The number of benzene rings is 1. The molecule has 0 unspecified atom stereocenters. The molecule has 19 heavy (non-hydrogen) atoms. The van der Waals surface area contributed by atoms with Crippen LogP contribution < -0.4 is 10.6 Å². The normalized spacial score (nSPS) is 10.4. The van der Waals surface area contributed by atoms with E-state index in [-0.39, 0.29) is 0 Å². The van der Waals surface area contributed by atoms with E-state index in [2.05, 4.69) is 47.1 Å². The number of aromatic nitrogens is 1. The van der Waals surface area contributed by atoms with Gasteiger partial charge in [0.2, 0.25) is 0 Å². The number of rotatable bonds is 6. The first-order valence-corrected chi connectivity index (χ1v) is 6.82. The molecule has 0 bridgehead atoms. The van der Waals surface area contributed by atoms with Crippen molar-refractivity contribution in [2.75, 3.05) is 11.4 Å². The number of nitrogens with zero attached hydrogens (tertiary/aromatic N) is 2. The molecule has 0 saturated heterocycles. The van der Waals surface area contributed by atoms with Gasteiger partial charge in [-0.1, -0.05) is 31.5 Å². The second-order valence-corrected chi connectivity index (χ2v) is 4.55. The van der Waals surface area contributed by atoms with Gasteiger partial charge in [-0.25, -0.2) is 0 Å². The quantitative estimate of drug-likeness (QED) is 0.859. The zero-order chi connectivity index (χ0) is 13.5. The van der Waals surface area contributed by atoms with Crippen molar-refractivity contribution >= 4 is 11.4 Å². The van der Waals surface area contributed by atoms with E-state index in [1.165, 1.54) is 12.1 Å². The van der Waals surface area contributed by atoms with Gasteiger partial charge in [0.25, 0.3) is 0 Å². The first-order chi connectivity index (χ1) is 9.35. The molecule has 0 spiro atoms. The molecule has 0 aliphatic rings. The number of para-hydroxylation sites is 1. The van der Waals surface area contributed by atoms with Crippen LogP contribution in [0.1, 0.15) is 25.5 Å². The molecule has 0 amide bonds. The maximum Gasteiger partial charge on any atom is 0.0597 e. The highest BCUT2D eigenvalue weighted by atomic mass is 15.1. The molecule has 0 atom stereocenters. The number of anilines is 2. The van der Waals surface area contributed by atoms with Crippen molar-refractivity contribution in [1.29, 1.82) is 0 Å². The Kier molecular flexibility index (Phi) is 4.93. The molecule has 0 aliphatic carbocycles. The number of nitrogens with two attached hydrogens (primary N) is 1. The molecular formula is C16H21N3. The van der Waals surface area contributed by atoms with Gasteiger partial charge in [0, 0.05) is 18.8 Å². The van der Waals surface area contributed by atoms with Gasteiger partial charge in [-0.05, 0) is 30.7 Å². The van der Waals surface area contributed by atoms with Crippen LogP contribution in [-0.2, 0) is 6.54 Å². The van der Waals surface area contributed by atoms with Crippen molar-refractivity contribution in [1.82, 2.24) is 4.98 Å². The molecule has 0 radical (unpaired) electrons. The van der Waals surface area contributed by atoms with Gasteiger partial charge in [0.15, 0.2) is 0 Å². The molecule has 0 fully saturated rings. The van der Waals surface area contributed by atoms with Crippen LogP contribution in [0, 0.1) is 0 Å². The molecular weight excluding hydrogens is 234 g/mol. The van der Waals surface area contributed by atoms with Gasteiger partial charge in [0.1, 0.15) is 0 Å². The van der Waals surface area contributed by atoms with Crippen molar-refractivity contribution in [2.24, 2.45) is 5.73 Å². The summed E-state index contributed by atoms with van der Waals surface area (Å²) in [5, 5.41) is 0. The SMILES string of the molecule is CCCCN(c1ccccc1)c1ccc(CN)nc1. The van der Waals surface area contributed by atoms with E-state index in [1.54, 1.807) is 0 Å². The third-order valence-electron chi connectivity index (χ3n) is 3.13. The average molecular weight is 255 g/mol. The smallest absolute Gasteiger partial charge is 0.0597 e. The average Bonchev–Trinajstić information content (AvgIpc) is 2.49. The molecule has 1 aromatic carbocycles. The van der Waals surface area contributed by atoms with E-state index in [0.29, 0.717) is 6.54 Å². The van der Waals surface area contributed by atoms with Crippen molar-refractivity contribution in [2.45, 2.75) is 26.3 Å². The summed E-state index contributed by atoms with van der Waals surface area (Å²) >= 11 is 0. The van der Waals surface area contributed by atoms with Crippen LogP contribution in [0.15, 0.2) is 48.7 Å². The minimum Gasteiger partial charge on any atom is -0.340 e. The Morgan fingerprint density at radius 1 is 1.05 bits per heavy atom. The van der Waals surface area contributed by atoms with Crippen molar-refractivity contribution in [3.05, 3.63) is 54.4 Å². The number of hydrogen-bond acceptors (Lipinski definition) is 3. The Labute approximate surface area is 115 Å². The highest BCUT2D eigenvalue weighted by Gasteiger charge is 2.08. The molecule has 2 N–H and O–H groups in total. The Balaban J connectivity index is 2.26. The van der Waals surface area contributed by atoms with Crippen LogP contribution in [0.4, 0.5) is 11.4 Å². The maximum absolute atomic E-state index is 5.59. The van der Waals surface area contributed by atoms with Gasteiger partial charge in [-0.3, -0.25) is 4.98 Å². The lowest BCUT2D eigenvalue weighted by molar-refractivity contribution is 0.784. The van der Waals surface area contributed by atoms with E-state index < -0.39 is 0 Å². The molecule has 0 aliphatic heterocycles. The van der Waals surface area contributed by atoms with E-state index in [9.17, 15) is 0 Å². The topological polar surface area (TPSA) is 42.1 Å². The third kappa shape index (κ3) is 3.55. The van der Waals surface area contributed by atoms with Crippen LogP contribution in [0.25, 0.3) is 0 Å². The highest BCUT2D eigenvalue weighted by molar-refractivity contribution is 5.62. The predicted molar refractivity (Wildman–Crippen MR) is 80.5 cm³/mol. The van der Waals surface area contributed by atoms with E-state index >= 15 is 0 Å². The Bertz CT molecular complexity index is 479. The largest absolute Gasteiger partial charge is 0.340 e. The van der Waals surface area contributed by atoms with E-state index in [4.69, 9.17) is 5.73 Å². The van der Waals surface area contributed by atoms with Crippen molar-refractivity contribution in [3.8, 4) is 0 Å². The van der Waals surface area contributed by atoms with Crippen LogP contribution in [-0.4, -0.2) is 11.5 Å². The second-order valence-electron chi connectivity index (χ2n) is 4.55. The lowest BCUT2D eigenvalue weighted by Gasteiger charge is -2.24. The fourth-order valence-electron chi connectivity index (χ4n) is 2.03. The summed E-state index contributed by atoms with van der Waals surface area (Å²) in [4.78, 5) is 6.69. The number of pyridine rings is 1. The number of hydrogen-bond donors (Lipinski definition) is 1. The fraction of sp³-hybridized carbons (Fsp3) is 0.312. The first-order valence-electron chi connectivity index (χ1n) is 6.82. The summed E-state index contributed by atoms with van der Waals surface area (Å²) in [6, 6.07) is 14.5. The monoisotopic (exact) mass is 255 g/mol. The summed E-state index contributed by atoms with van der Waals surface area (Å²) < 4.78 is 0. The summed E-state index contributed by atoms with van der Waals surface area (Å²) in [7, 11) is 0. The summed E-state index contributed by atoms with van der Waals surface area (Å²) in [5.74, 6) is 0. The highest BCUT2D eigenvalue weighted by Crippen LogP contribution is 2.24. The zero-order valence-electron chi connectivity index (χ0n) is 11.4. The minimum atomic E-state index is 0.487. The van der Waals surface area contributed by atoms with Crippen molar-refractivity contribution < 1.29 is 0 Å². The predicted octanol–water partition coefficient (Wildman–Crippen LogP) is 3.48. The van der Waals surface area contributed by atoms with Crippen LogP contribution >= 0.6 is 0 Å². The molecule has 3 heteroatoms. The first kappa shape index (κ1) is 13.6.